The summed E-state index contributed by atoms with van der Waals surface area (Å²) in [5.41, 5.74) is 0. The van der Waals surface area contributed by atoms with Crippen LogP contribution in [-0.2, 0) is 12.8 Å². The normalized spacial score (nSPS) is 22.1. The first-order chi connectivity index (χ1) is 9.74. The summed E-state index contributed by atoms with van der Waals surface area (Å²) in [5.74, 6) is 2.55. The molecular formula is C16H28N2S2. The highest BCUT2D eigenvalue weighted by molar-refractivity contribution is 7.99. The van der Waals surface area contributed by atoms with E-state index in [1.165, 1.54) is 35.8 Å². The summed E-state index contributed by atoms with van der Waals surface area (Å²) in [6.45, 7) is 6.85. The van der Waals surface area contributed by atoms with Crippen LogP contribution in [0, 0.1) is 0 Å². The van der Waals surface area contributed by atoms with Gasteiger partial charge in [0.2, 0.25) is 0 Å². The fraction of sp³-hybridized carbons (Fsp3) is 0.750. The Morgan fingerprint density at radius 1 is 1.35 bits per heavy atom. The topological polar surface area (TPSA) is 15.3 Å². The lowest BCUT2D eigenvalue weighted by Crippen LogP contribution is -2.53. The van der Waals surface area contributed by atoms with Crippen molar-refractivity contribution in [2.75, 3.05) is 31.6 Å². The molecule has 0 aliphatic carbocycles. The van der Waals surface area contributed by atoms with Crippen LogP contribution in [0.3, 0.4) is 0 Å². The highest BCUT2D eigenvalue weighted by atomic mass is 32.2. The molecule has 2 heterocycles. The molecule has 0 aromatic carbocycles. The molecule has 0 spiro atoms. The summed E-state index contributed by atoms with van der Waals surface area (Å²) in [5, 5.41) is 3.80. The van der Waals surface area contributed by atoms with Gasteiger partial charge in [0.15, 0.2) is 0 Å². The molecule has 2 unspecified atom stereocenters. The van der Waals surface area contributed by atoms with Gasteiger partial charge in [-0.3, -0.25) is 0 Å². The van der Waals surface area contributed by atoms with Crippen LogP contribution in [0.5, 0.6) is 0 Å². The minimum atomic E-state index is 0.594. The van der Waals surface area contributed by atoms with E-state index < -0.39 is 0 Å². The average molecular weight is 313 g/mol. The van der Waals surface area contributed by atoms with E-state index >= 15 is 0 Å². The van der Waals surface area contributed by atoms with Crippen molar-refractivity contribution in [3.63, 3.8) is 0 Å². The predicted octanol–water partition coefficient (Wildman–Crippen LogP) is 3.27. The molecule has 2 atom stereocenters. The zero-order valence-electron chi connectivity index (χ0n) is 13.0. The predicted molar refractivity (Wildman–Crippen MR) is 93.2 cm³/mol. The molecule has 114 valence electrons. The molecule has 0 bridgehead atoms. The Morgan fingerprint density at radius 2 is 2.15 bits per heavy atom. The molecule has 20 heavy (non-hydrogen) atoms. The second kappa shape index (κ2) is 8.42. The number of rotatable bonds is 7. The lowest BCUT2D eigenvalue weighted by molar-refractivity contribution is 0.214. The van der Waals surface area contributed by atoms with Gasteiger partial charge >= 0.3 is 0 Å². The molecule has 1 fully saturated rings. The second-order valence-electron chi connectivity index (χ2n) is 5.61. The Labute approximate surface area is 132 Å². The standard InChI is InChI=1S/C16H28N2S2/c1-4-8-17-15(16-12-19-10-9-18(16)3)11-14-7-6-13(5-2)20-14/h6-7,15-17H,4-5,8-12H2,1-3H3. The van der Waals surface area contributed by atoms with Gasteiger partial charge < -0.3 is 10.2 Å². The number of aryl methyl sites for hydroxylation is 1. The summed E-state index contributed by atoms with van der Waals surface area (Å²) < 4.78 is 0. The highest BCUT2D eigenvalue weighted by Crippen LogP contribution is 2.23. The van der Waals surface area contributed by atoms with E-state index in [-0.39, 0.29) is 0 Å². The number of nitrogens with zero attached hydrogens (tertiary/aromatic N) is 1. The van der Waals surface area contributed by atoms with Crippen molar-refractivity contribution in [3.8, 4) is 0 Å². The van der Waals surface area contributed by atoms with Crippen molar-refractivity contribution >= 4 is 23.1 Å². The van der Waals surface area contributed by atoms with Crippen LogP contribution in [0.4, 0.5) is 0 Å². The summed E-state index contributed by atoms with van der Waals surface area (Å²) in [7, 11) is 2.29. The number of thioether (sulfide) groups is 1. The molecule has 0 saturated carbocycles. The maximum Gasteiger partial charge on any atom is 0.0340 e. The Bertz CT molecular complexity index is 392. The van der Waals surface area contributed by atoms with Gasteiger partial charge in [0.1, 0.15) is 0 Å². The van der Waals surface area contributed by atoms with Gasteiger partial charge in [-0.05, 0) is 45.0 Å². The first-order valence-corrected chi connectivity index (χ1v) is 9.80. The Hall–Kier alpha value is -0.0300. The zero-order chi connectivity index (χ0) is 14.4. The van der Waals surface area contributed by atoms with Gasteiger partial charge in [0.05, 0.1) is 0 Å². The van der Waals surface area contributed by atoms with Crippen molar-refractivity contribution < 1.29 is 0 Å². The number of thiophene rings is 1. The first-order valence-electron chi connectivity index (χ1n) is 7.83. The molecule has 1 aliphatic heterocycles. The molecular weight excluding hydrogens is 284 g/mol. The van der Waals surface area contributed by atoms with Gasteiger partial charge in [-0.25, -0.2) is 0 Å². The fourth-order valence-corrected chi connectivity index (χ4v) is 5.07. The summed E-state index contributed by atoms with van der Waals surface area (Å²) >= 11 is 4.11. The minimum absolute atomic E-state index is 0.594. The Balaban J connectivity index is 2.01. The molecule has 1 aromatic heterocycles. The van der Waals surface area contributed by atoms with Crippen LogP contribution in [0.2, 0.25) is 0 Å². The van der Waals surface area contributed by atoms with E-state index in [9.17, 15) is 0 Å². The van der Waals surface area contributed by atoms with Crippen LogP contribution in [0.15, 0.2) is 12.1 Å². The van der Waals surface area contributed by atoms with Gasteiger partial charge in [-0.15, -0.1) is 11.3 Å². The number of hydrogen-bond donors (Lipinski definition) is 1. The fourth-order valence-electron chi connectivity index (χ4n) is 2.74. The molecule has 2 nitrogen and oxygen atoms in total. The third-order valence-electron chi connectivity index (χ3n) is 4.05. The molecule has 2 rings (SSSR count). The third kappa shape index (κ3) is 4.48. The van der Waals surface area contributed by atoms with E-state index in [1.807, 2.05) is 11.3 Å². The van der Waals surface area contributed by atoms with Gasteiger partial charge in [-0.1, -0.05) is 13.8 Å². The molecule has 0 amide bonds. The maximum absolute atomic E-state index is 3.80. The second-order valence-corrected chi connectivity index (χ2v) is 8.01. The van der Waals surface area contributed by atoms with Crippen molar-refractivity contribution in [2.45, 2.75) is 45.2 Å². The largest absolute Gasteiger partial charge is 0.312 e. The van der Waals surface area contributed by atoms with Crippen LogP contribution in [0.25, 0.3) is 0 Å². The quantitative estimate of drug-likeness (QED) is 0.832. The van der Waals surface area contributed by atoms with Gasteiger partial charge in [0.25, 0.3) is 0 Å². The molecule has 0 radical (unpaired) electrons. The van der Waals surface area contributed by atoms with Crippen LogP contribution >= 0.6 is 23.1 Å². The molecule has 1 saturated heterocycles. The smallest absolute Gasteiger partial charge is 0.0340 e. The Kier molecular flexibility index (Phi) is 6.88. The van der Waals surface area contributed by atoms with Crippen LogP contribution in [-0.4, -0.2) is 48.6 Å². The summed E-state index contributed by atoms with van der Waals surface area (Å²) in [4.78, 5) is 5.61. The third-order valence-corrected chi connectivity index (χ3v) is 6.35. The van der Waals surface area contributed by atoms with Crippen molar-refractivity contribution in [3.05, 3.63) is 21.9 Å². The minimum Gasteiger partial charge on any atom is -0.312 e. The van der Waals surface area contributed by atoms with Gasteiger partial charge in [-0.2, -0.15) is 11.8 Å². The molecule has 1 aromatic rings. The van der Waals surface area contributed by atoms with Crippen LogP contribution in [0.1, 0.15) is 30.0 Å². The van der Waals surface area contributed by atoms with Crippen LogP contribution < -0.4 is 5.32 Å². The number of hydrogen-bond acceptors (Lipinski definition) is 4. The van der Waals surface area contributed by atoms with Crippen molar-refractivity contribution in [2.24, 2.45) is 0 Å². The lowest BCUT2D eigenvalue weighted by atomic mass is 10.0. The van der Waals surface area contributed by atoms with Crippen molar-refractivity contribution in [1.82, 2.24) is 10.2 Å². The number of nitrogens with one attached hydrogen (secondary N) is 1. The van der Waals surface area contributed by atoms with Crippen molar-refractivity contribution in [1.29, 1.82) is 0 Å². The Morgan fingerprint density at radius 3 is 2.80 bits per heavy atom. The zero-order valence-corrected chi connectivity index (χ0v) is 14.7. The van der Waals surface area contributed by atoms with E-state index in [0.717, 1.165) is 13.0 Å². The van der Waals surface area contributed by atoms with E-state index in [1.54, 1.807) is 4.88 Å². The molecule has 1 N–H and O–H groups in total. The summed E-state index contributed by atoms with van der Waals surface area (Å²) in [6.07, 6.45) is 3.56. The molecule has 4 heteroatoms. The first kappa shape index (κ1) is 16.3. The van der Waals surface area contributed by atoms with Gasteiger partial charge in [0, 0.05) is 39.9 Å². The van der Waals surface area contributed by atoms with E-state index in [0.29, 0.717) is 12.1 Å². The monoisotopic (exact) mass is 312 g/mol. The SMILES string of the molecule is CCCNC(Cc1ccc(CC)s1)C1CSCCN1C. The average Bonchev–Trinajstić information content (AvgIpc) is 2.92. The van der Waals surface area contributed by atoms with E-state index in [4.69, 9.17) is 0 Å². The number of likely N-dealkylation sites (N-methyl/N-ethyl adjacent to an activating group) is 1. The summed E-state index contributed by atoms with van der Waals surface area (Å²) in [6, 6.07) is 5.90. The van der Waals surface area contributed by atoms with E-state index in [2.05, 4.69) is 55.0 Å². The maximum atomic E-state index is 3.80. The molecule has 1 aliphatic rings. The lowest BCUT2D eigenvalue weighted by Gasteiger charge is -2.38. The highest BCUT2D eigenvalue weighted by Gasteiger charge is 2.28.